The van der Waals surface area contributed by atoms with Gasteiger partial charge in [0.05, 0.1) is 28.9 Å². The summed E-state index contributed by atoms with van der Waals surface area (Å²) in [6.45, 7) is 0.290. The molecule has 4 rings (SSSR count). The average Bonchev–Trinajstić information content (AvgIpc) is 2.83. The molecule has 166 valence electrons. The highest BCUT2D eigenvalue weighted by Gasteiger charge is 2.13. The number of carbonyl (C=O) groups excluding carboxylic acids is 1. The molecule has 0 unspecified atom stereocenters. The summed E-state index contributed by atoms with van der Waals surface area (Å²) in [7, 11) is 1.56. The van der Waals surface area contributed by atoms with Gasteiger partial charge in [-0.15, -0.1) is 0 Å². The van der Waals surface area contributed by atoms with E-state index in [4.69, 9.17) is 21.1 Å². The van der Waals surface area contributed by atoms with E-state index in [1.54, 1.807) is 19.2 Å². The van der Waals surface area contributed by atoms with Crippen molar-refractivity contribution in [3.05, 3.63) is 99.1 Å². The van der Waals surface area contributed by atoms with Crippen LogP contribution in [0.15, 0.2) is 82.5 Å². The van der Waals surface area contributed by atoms with E-state index in [2.05, 4.69) is 31.4 Å². The monoisotopic (exact) mass is 523 g/mol. The maximum Gasteiger partial charge on any atom is 0.272 e. The van der Waals surface area contributed by atoms with Gasteiger partial charge < -0.3 is 9.47 Å². The van der Waals surface area contributed by atoms with Crippen LogP contribution in [0.2, 0.25) is 5.02 Å². The number of hydrogen-bond donors (Lipinski definition) is 1. The molecule has 1 amide bonds. The maximum atomic E-state index is 12.4. The quantitative estimate of drug-likeness (QED) is 0.238. The molecule has 0 saturated carbocycles. The lowest BCUT2D eigenvalue weighted by Gasteiger charge is -2.14. The largest absolute Gasteiger partial charge is 0.493 e. The number of aromatic nitrogens is 1. The summed E-state index contributed by atoms with van der Waals surface area (Å²) in [5.74, 6) is 0.707. The first kappa shape index (κ1) is 22.8. The predicted octanol–water partition coefficient (Wildman–Crippen LogP) is 6.00. The van der Waals surface area contributed by atoms with Gasteiger partial charge in [0.2, 0.25) is 0 Å². The Balaban J connectivity index is 1.45. The minimum atomic E-state index is -0.352. The summed E-state index contributed by atoms with van der Waals surface area (Å²) in [5.41, 5.74) is 5.35. The van der Waals surface area contributed by atoms with Gasteiger partial charge in [0.15, 0.2) is 11.5 Å². The number of rotatable bonds is 7. The summed E-state index contributed by atoms with van der Waals surface area (Å²) in [6, 6.07) is 20.4. The van der Waals surface area contributed by atoms with Crippen LogP contribution in [0.5, 0.6) is 11.5 Å². The Bertz CT molecular complexity index is 1340. The highest BCUT2D eigenvalue weighted by atomic mass is 79.9. The Kier molecular flexibility index (Phi) is 7.22. The van der Waals surface area contributed by atoms with E-state index in [1.165, 1.54) is 12.4 Å². The van der Waals surface area contributed by atoms with Gasteiger partial charge in [-0.05, 0) is 51.8 Å². The Morgan fingerprint density at radius 3 is 2.76 bits per heavy atom. The predicted molar refractivity (Wildman–Crippen MR) is 133 cm³/mol. The van der Waals surface area contributed by atoms with Crippen molar-refractivity contribution in [2.24, 2.45) is 5.10 Å². The standard InChI is InChI=1S/C25H19BrClN3O3/c1-32-23-11-16(10-20(26)24(23)33-15-18-7-2-4-8-21(18)27)13-29-30-25(31)19-12-17-6-3-5-9-22(17)28-14-19/h2-14H,15H2,1H3,(H,30,31)/b29-13-. The van der Waals surface area contributed by atoms with Crippen LogP contribution in [0.3, 0.4) is 0 Å². The minimum absolute atomic E-state index is 0.290. The second kappa shape index (κ2) is 10.5. The number of halogens is 2. The highest BCUT2D eigenvalue weighted by Crippen LogP contribution is 2.37. The first-order valence-electron chi connectivity index (χ1n) is 9.97. The zero-order valence-corrected chi connectivity index (χ0v) is 19.9. The van der Waals surface area contributed by atoms with Gasteiger partial charge in [-0.1, -0.05) is 48.0 Å². The number of amides is 1. The molecule has 6 nitrogen and oxygen atoms in total. The molecule has 33 heavy (non-hydrogen) atoms. The summed E-state index contributed by atoms with van der Waals surface area (Å²) in [5, 5.41) is 5.58. The molecule has 0 radical (unpaired) electrons. The number of nitrogens with zero attached hydrogens (tertiary/aromatic N) is 2. The molecule has 0 aliphatic heterocycles. The third-order valence-corrected chi connectivity index (χ3v) is 5.77. The summed E-state index contributed by atoms with van der Waals surface area (Å²) >= 11 is 9.72. The fraction of sp³-hybridized carbons (Fsp3) is 0.0800. The first-order chi connectivity index (χ1) is 16.0. The highest BCUT2D eigenvalue weighted by molar-refractivity contribution is 9.10. The number of hydrazone groups is 1. The molecule has 8 heteroatoms. The Labute approximate surface area is 204 Å². The van der Waals surface area contributed by atoms with Crippen LogP contribution in [0.4, 0.5) is 0 Å². The van der Waals surface area contributed by atoms with Crippen LogP contribution in [0, 0.1) is 0 Å². The van der Waals surface area contributed by atoms with E-state index in [-0.39, 0.29) is 12.5 Å². The first-order valence-corrected chi connectivity index (χ1v) is 11.1. The molecule has 1 N–H and O–H groups in total. The molecule has 0 aliphatic carbocycles. The second-order valence-electron chi connectivity index (χ2n) is 7.03. The topological polar surface area (TPSA) is 72.8 Å². The normalized spacial score (nSPS) is 11.0. The SMILES string of the molecule is COc1cc(/C=N\NC(=O)c2cnc3ccccc3c2)cc(Br)c1OCc1ccccc1Cl. The lowest BCUT2D eigenvalue weighted by Crippen LogP contribution is -2.17. The van der Waals surface area contributed by atoms with Crippen molar-refractivity contribution in [2.75, 3.05) is 7.11 Å². The fourth-order valence-electron chi connectivity index (χ4n) is 3.14. The van der Waals surface area contributed by atoms with E-state index in [0.29, 0.717) is 32.1 Å². The number of carbonyl (C=O) groups is 1. The van der Waals surface area contributed by atoms with Crippen molar-refractivity contribution in [1.82, 2.24) is 10.4 Å². The maximum absolute atomic E-state index is 12.4. The van der Waals surface area contributed by atoms with Crippen molar-refractivity contribution >= 4 is 50.6 Å². The number of pyridine rings is 1. The molecule has 3 aromatic carbocycles. The average molecular weight is 525 g/mol. The Morgan fingerprint density at radius 1 is 1.15 bits per heavy atom. The third kappa shape index (κ3) is 5.50. The molecular weight excluding hydrogens is 506 g/mol. The van der Waals surface area contributed by atoms with Crippen molar-refractivity contribution in [1.29, 1.82) is 0 Å². The fourth-order valence-corrected chi connectivity index (χ4v) is 3.91. The molecule has 0 saturated heterocycles. The molecule has 0 atom stereocenters. The summed E-state index contributed by atoms with van der Waals surface area (Å²) < 4.78 is 12.1. The van der Waals surface area contributed by atoms with E-state index in [0.717, 1.165) is 16.5 Å². The number of nitrogens with one attached hydrogen (secondary N) is 1. The van der Waals surface area contributed by atoms with Crippen molar-refractivity contribution < 1.29 is 14.3 Å². The zero-order valence-electron chi connectivity index (χ0n) is 17.6. The molecule has 1 heterocycles. The van der Waals surface area contributed by atoms with E-state index in [1.807, 2.05) is 54.6 Å². The molecule has 0 fully saturated rings. The second-order valence-corrected chi connectivity index (χ2v) is 8.29. The number of methoxy groups -OCH3 is 1. The van der Waals surface area contributed by atoms with Gasteiger partial charge in [-0.2, -0.15) is 5.10 Å². The van der Waals surface area contributed by atoms with Crippen molar-refractivity contribution in [3.63, 3.8) is 0 Å². The van der Waals surface area contributed by atoms with Crippen LogP contribution in [-0.2, 0) is 6.61 Å². The van der Waals surface area contributed by atoms with Gasteiger partial charge >= 0.3 is 0 Å². The van der Waals surface area contributed by atoms with E-state index < -0.39 is 0 Å². The van der Waals surface area contributed by atoms with Gasteiger partial charge in [0.25, 0.3) is 5.91 Å². The van der Waals surface area contributed by atoms with Crippen LogP contribution in [0.1, 0.15) is 21.5 Å². The number of para-hydroxylation sites is 1. The number of ether oxygens (including phenoxy) is 2. The van der Waals surface area contributed by atoms with Crippen molar-refractivity contribution in [2.45, 2.75) is 6.61 Å². The van der Waals surface area contributed by atoms with Crippen LogP contribution in [0.25, 0.3) is 10.9 Å². The summed E-state index contributed by atoms with van der Waals surface area (Å²) in [4.78, 5) is 16.7. The van der Waals surface area contributed by atoms with Gasteiger partial charge in [0, 0.05) is 22.2 Å². The zero-order chi connectivity index (χ0) is 23.2. The summed E-state index contributed by atoms with van der Waals surface area (Å²) in [6.07, 6.45) is 3.05. The molecule has 0 bridgehead atoms. The van der Waals surface area contributed by atoms with Gasteiger partial charge in [0.1, 0.15) is 6.61 Å². The van der Waals surface area contributed by atoms with Crippen LogP contribution in [-0.4, -0.2) is 24.2 Å². The number of fused-ring (bicyclic) bond motifs is 1. The van der Waals surface area contributed by atoms with E-state index in [9.17, 15) is 4.79 Å². The lowest BCUT2D eigenvalue weighted by molar-refractivity contribution is 0.0955. The Hall–Kier alpha value is -3.42. The molecule has 0 aliphatic rings. The number of benzene rings is 3. The molecule has 4 aromatic rings. The third-order valence-electron chi connectivity index (χ3n) is 4.81. The molecule has 0 spiro atoms. The van der Waals surface area contributed by atoms with Gasteiger partial charge in [-0.3, -0.25) is 9.78 Å². The minimum Gasteiger partial charge on any atom is -0.493 e. The molecule has 1 aromatic heterocycles. The van der Waals surface area contributed by atoms with Crippen LogP contribution >= 0.6 is 27.5 Å². The Morgan fingerprint density at radius 2 is 1.94 bits per heavy atom. The number of hydrogen-bond acceptors (Lipinski definition) is 5. The van der Waals surface area contributed by atoms with Crippen LogP contribution < -0.4 is 14.9 Å². The smallest absolute Gasteiger partial charge is 0.272 e. The van der Waals surface area contributed by atoms with Gasteiger partial charge in [-0.25, -0.2) is 5.43 Å². The molecular formula is C25H19BrClN3O3. The van der Waals surface area contributed by atoms with E-state index >= 15 is 0 Å². The lowest BCUT2D eigenvalue weighted by atomic mass is 10.1. The van der Waals surface area contributed by atoms with Crippen molar-refractivity contribution in [3.8, 4) is 11.5 Å².